The Morgan fingerprint density at radius 2 is 0.933 bits per heavy atom. The Morgan fingerprint density at radius 1 is 0.350 bits per heavy atom. The van der Waals surface area contributed by atoms with E-state index in [0.29, 0.717) is 17.5 Å². The van der Waals surface area contributed by atoms with Gasteiger partial charge in [-0.15, -0.1) is 0 Å². The molecule has 1 aliphatic heterocycles. The maximum atomic E-state index is 5.30. The van der Waals surface area contributed by atoms with Crippen molar-refractivity contribution < 1.29 is 0 Å². The number of benzene rings is 9. The summed E-state index contributed by atoms with van der Waals surface area (Å²) >= 11 is 0. The molecule has 0 saturated carbocycles. The van der Waals surface area contributed by atoms with Crippen LogP contribution in [0.1, 0.15) is 22.3 Å². The van der Waals surface area contributed by atoms with Crippen molar-refractivity contribution in [1.29, 1.82) is 0 Å². The van der Waals surface area contributed by atoms with Crippen LogP contribution >= 0.6 is 0 Å². The van der Waals surface area contributed by atoms with Crippen LogP contribution in [-0.2, 0) is 5.41 Å². The van der Waals surface area contributed by atoms with E-state index in [4.69, 9.17) is 15.0 Å². The molecule has 0 saturated heterocycles. The zero-order valence-corrected chi connectivity index (χ0v) is 32.4. The van der Waals surface area contributed by atoms with E-state index in [9.17, 15) is 0 Å². The van der Waals surface area contributed by atoms with Crippen LogP contribution in [0.25, 0.3) is 94.7 Å². The molecular formula is C56H34N4. The number of aromatic nitrogens is 4. The fraction of sp³-hybridized carbons (Fsp3) is 0.0179. The molecule has 2 aromatic heterocycles. The molecule has 3 heterocycles. The van der Waals surface area contributed by atoms with Gasteiger partial charge < -0.3 is 4.57 Å². The van der Waals surface area contributed by atoms with Gasteiger partial charge in [-0.3, -0.25) is 0 Å². The van der Waals surface area contributed by atoms with Crippen LogP contribution < -0.4 is 0 Å². The van der Waals surface area contributed by atoms with E-state index < -0.39 is 5.41 Å². The second-order valence-electron chi connectivity index (χ2n) is 15.9. The van der Waals surface area contributed by atoms with Gasteiger partial charge in [0, 0.05) is 27.5 Å². The normalized spacial score (nSPS) is 14.7. The number of nitrogens with zero attached hydrogens (tertiary/aromatic N) is 4. The summed E-state index contributed by atoms with van der Waals surface area (Å²) in [6, 6.07) is 74.5. The smallest absolute Gasteiger partial charge is 0.165 e. The topological polar surface area (TPSA) is 43.6 Å². The van der Waals surface area contributed by atoms with Gasteiger partial charge in [0.05, 0.1) is 22.1 Å². The lowest BCUT2D eigenvalue weighted by atomic mass is 9.65. The molecular weight excluding hydrogens is 729 g/mol. The van der Waals surface area contributed by atoms with Crippen LogP contribution in [0, 0.1) is 0 Å². The first-order chi connectivity index (χ1) is 29.8. The average Bonchev–Trinajstić information content (AvgIpc) is 3.82. The minimum atomic E-state index is -0.562. The van der Waals surface area contributed by atoms with Crippen LogP contribution in [0.15, 0.2) is 206 Å². The number of para-hydroxylation sites is 3. The van der Waals surface area contributed by atoms with E-state index in [1.54, 1.807) is 0 Å². The molecule has 0 N–H and O–H groups in total. The van der Waals surface area contributed by atoms with Crippen molar-refractivity contribution in [3.05, 3.63) is 229 Å². The van der Waals surface area contributed by atoms with E-state index >= 15 is 0 Å². The molecule has 278 valence electrons. The van der Waals surface area contributed by atoms with E-state index in [2.05, 4.69) is 174 Å². The molecule has 2 aliphatic rings. The third kappa shape index (κ3) is 4.47. The minimum absolute atomic E-state index is 0.562. The first-order valence-corrected chi connectivity index (χ1v) is 20.5. The predicted molar refractivity (Wildman–Crippen MR) is 244 cm³/mol. The van der Waals surface area contributed by atoms with Crippen LogP contribution in [0.4, 0.5) is 0 Å². The summed E-state index contributed by atoms with van der Waals surface area (Å²) in [4.78, 5) is 15.7. The van der Waals surface area contributed by atoms with Gasteiger partial charge in [-0.05, 0) is 73.5 Å². The molecule has 60 heavy (non-hydrogen) atoms. The summed E-state index contributed by atoms with van der Waals surface area (Å²) < 4.78 is 2.50. The lowest BCUT2D eigenvalue weighted by molar-refractivity contribution is 0.749. The standard InChI is InChI=1S/C56H34N4/c1-3-17-36(18-4-1)53-57-54(37-19-5-2-6-20-37)59-55(58-53)51-39-21-8-7-16-35(39)30-32-40(51)38-31-33-42-41-22-9-11-25-45(41)56(48(42)34-38)46-26-12-14-29-50(46)60-49-28-13-10-23-43(49)44-24-15-27-47(56)52(44)60/h1-34H. The molecule has 0 bridgehead atoms. The molecule has 0 fully saturated rings. The zero-order valence-electron chi connectivity index (χ0n) is 32.4. The molecule has 1 unspecified atom stereocenters. The van der Waals surface area contributed by atoms with Crippen molar-refractivity contribution in [2.75, 3.05) is 0 Å². The molecule has 1 spiro atoms. The predicted octanol–water partition coefficient (Wildman–Crippen LogP) is 13.5. The lowest BCUT2D eigenvalue weighted by Gasteiger charge is -2.39. The molecule has 0 amide bonds. The maximum absolute atomic E-state index is 5.30. The Balaban J connectivity index is 1.12. The minimum Gasteiger partial charge on any atom is -0.309 e. The van der Waals surface area contributed by atoms with Gasteiger partial charge in [0.15, 0.2) is 17.5 Å². The van der Waals surface area contributed by atoms with Gasteiger partial charge in [-0.2, -0.15) is 0 Å². The van der Waals surface area contributed by atoms with Gasteiger partial charge >= 0.3 is 0 Å². The number of hydrogen-bond acceptors (Lipinski definition) is 3. The Labute approximate surface area is 346 Å². The summed E-state index contributed by atoms with van der Waals surface area (Å²) in [6.07, 6.45) is 0. The quantitative estimate of drug-likeness (QED) is 0.179. The van der Waals surface area contributed by atoms with Gasteiger partial charge in [0.25, 0.3) is 0 Å². The highest BCUT2D eigenvalue weighted by Crippen LogP contribution is 2.61. The van der Waals surface area contributed by atoms with Crippen molar-refractivity contribution in [1.82, 2.24) is 19.5 Å². The highest BCUT2D eigenvalue weighted by Gasteiger charge is 2.50. The average molecular weight is 763 g/mol. The van der Waals surface area contributed by atoms with Crippen molar-refractivity contribution in [3.8, 4) is 62.1 Å². The summed E-state index contributed by atoms with van der Waals surface area (Å²) in [6.45, 7) is 0. The van der Waals surface area contributed by atoms with Gasteiger partial charge in [0.1, 0.15) is 0 Å². The van der Waals surface area contributed by atoms with Crippen LogP contribution in [-0.4, -0.2) is 19.5 Å². The van der Waals surface area contributed by atoms with Crippen molar-refractivity contribution in [2.45, 2.75) is 5.41 Å². The van der Waals surface area contributed by atoms with Crippen LogP contribution in [0.3, 0.4) is 0 Å². The fourth-order valence-electron chi connectivity index (χ4n) is 10.4. The van der Waals surface area contributed by atoms with Crippen molar-refractivity contribution in [2.24, 2.45) is 0 Å². The van der Waals surface area contributed by atoms with Gasteiger partial charge in [-0.25, -0.2) is 15.0 Å². The first-order valence-electron chi connectivity index (χ1n) is 20.5. The summed E-state index contributed by atoms with van der Waals surface area (Å²) in [7, 11) is 0. The summed E-state index contributed by atoms with van der Waals surface area (Å²) in [5.74, 6) is 1.93. The lowest BCUT2D eigenvalue weighted by Crippen LogP contribution is -2.33. The molecule has 4 nitrogen and oxygen atoms in total. The van der Waals surface area contributed by atoms with E-state index in [1.807, 2.05) is 36.4 Å². The largest absolute Gasteiger partial charge is 0.309 e. The van der Waals surface area contributed by atoms with Gasteiger partial charge in [0.2, 0.25) is 0 Å². The highest BCUT2D eigenvalue weighted by molar-refractivity contribution is 6.13. The van der Waals surface area contributed by atoms with Crippen molar-refractivity contribution in [3.63, 3.8) is 0 Å². The second-order valence-corrected chi connectivity index (χ2v) is 15.9. The van der Waals surface area contributed by atoms with Gasteiger partial charge in [-0.1, -0.05) is 188 Å². The Bertz CT molecular complexity index is 3490. The van der Waals surface area contributed by atoms with Crippen molar-refractivity contribution >= 4 is 32.6 Å². The Kier molecular flexibility index (Phi) is 6.90. The number of hydrogen-bond donors (Lipinski definition) is 0. The monoisotopic (exact) mass is 762 g/mol. The van der Waals surface area contributed by atoms with E-state index in [0.717, 1.165) is 38.6 Å². The fourth-order valence-corrected chi connectivity index (χ4v) is 10.4. The maximum Gasteiger partial charge on any atom is 0.165 e. The number of rotatable bonds is 4. The Morgan fingerprint density at radius 3 is 1.73 bits per heavy atom. The zero-order chi connectivity index (χ0) is 39.4. The first kappa shape index (κ1) is 33.1. The third-order valence-electron chi connectivity index (χ3n) is 12.9. The van der Waals surface area contributed by atoms with E-state index in [-0.39, 0.29) is 0 Å². The molecule has 4 heteroatoms. The molecule has 13 rings (SSSR count). The molecule has 0 radical (unpaired) electrons. The SMILES string of the molecule is c1ccc(-c2nc(-c3ccccc3)nc(-c3c(-c4ccc5c(c4)C4(c6ccccc6-5)c5ccccc5-n5c6ccccc6c6cccc4c65)ccc4ccccc34)n2)cc1. The van der Waals surface area contributed by atoms with Crippen LogP contribution in [0.5, 0.6) is 0 Å². The Hall–Kier alpha value is -7.95. The summed E-state index contributed by atoms with van der Waals surface area (Å²) in [5.41, 5.74) is 15.9. The van der Waals surface area contributed by atoms with E-state index in [1.165, 1.54) is 60.9 Å². The molecule has 11 aromatic rings. The second kappa shape index (κ2) is 12.5. The molecule has 1 atom stereocenters. The van der Waals surface area contributed by atoms with Crippen LogP contribution in [0.2, 0.25) is 0 Å². The molecule has 9 aromatic carbocycles. The summed E-state index contributed by atoms with van der Waals surface area (Å²) in [5, 5.41) is 4.76. The number of fused-ring (bicyclic) bond motifs is 13. The molecule has 1 aliphatic carbocycles. The highest BCUT2D eigenvalue weighted by atomic mass is 15.0. The third-order valence-corrected chi connectivity index (χ3v) is 12.9.